The summed E-state index contributed by atoms with van der Waals surface area (Å²) in [4.78, 5) is 9.84. The number of aliphatic hydroxyl groups excluding tert-OH is 1. The molecule has 8 nitrogen and oxygen atoms in total. The van der Waals surface area contributed by atoms with E-state index in [2.05, 4.69) is 15.3 Å². The smallest absolute Gasteiger partial charge is 0.223 e. The van der Waals surface area contributed by atoms with Crippen LogP contribution in [-0.4, -0.2) is 47.5 Å². The van der Waals surface area contributed by atoms with Crippen LogP contribution in [0.25, 0.3) is 0 Å². The van der Waals surface area contributed by atoms with Gasteiger partial charge in [0.1, 0.15) is 5.69 Å². The highest BCUT2D eigenvalue weighted by Gasteiger charge is 2.36. The molecular weight excluding hydrogens is 262 g/mol. The van der Waals surface area contributed by atoms with E-state index >= 15 is 0 Å². The van der Waals surface area contributed by atoms with E-state index < -0.39 is 6.29 Å². The molecule has 1 fully saturated rings. The molecule has 3 heterocycles. The normalized spacial score (nSPS) is 26.2. The number of nitrogen functional groups attached to an aromatic ring is 1. The molecule has 2 atom stereocenters. The van der Waals surface area contributed by atoms with Gasteiger partial charge < -0.3 is 30.5 Å². The van der Waals surface area contributed by atoms with E-state index in [-0.39, 0.29) is 23.9 Å². The Labute approximate surface area is 108 Å². The van der Waals surface area contributed by atoms with E-state index in [4.69, 9.17) is 31.9 Å². The fourth-order valence-corrected chi connectivity index (χ4v) is 2.22. The minimum atomic E-state index is -0.603. The van der Waals surface area contributed by atoms with Crippen molar-refractivity contribution in [2.75, 3.05) is 35.8 Å². The second kappa shape index (κ2) is 4.39. The minimum absolute atomic E-state index is 0.102. The van der Waals surface area contributed by atoms with Crippen molar-refractivity contribution in [2.24, 2.45) is 0 Å². The highest BCUT2D eigenvalue weighted by Crippen LogP contribution is 2.37. The molecule has 0 radical (unpaired) electrons. The maximum Gasteiger partial charge on any atom is 0.223 e. The lowest BCUT2D eigenvalue weighted by molar-refractivity contribution is -0.0874. The van der Waals surface area contributed by atoms with E-state index in [9.17, 15) is 0 Å². The molecule has 0 saturated carbocycles. The number of hydrogen-bond acceptors (Lipinski definition) is 8. The molecule has 0 bridgehead atoms. The highest BCUT2D eigenvalue weighted by molar-refractivity contribution is 6.32. The van der Waals surface area contributed by atoms with Crippen molar-refractivity contribution in [1.82, 2.24) is 9.97 Å². The van der Waals surface area contributed by atoms with E-state index in [0.29, 0.717) is 24.8 Å². The Balaban J connectivity index is 1.86. The van der Waals surface area contributed by atoms with Crippen LogP contribution in [0.1, 0.15) is 0 Å². The van der Waals surface area contributed by atoms with Gasteiger partial charge in [-0.2, -0.15) is 9.97 Å². The molecule has 0 amide bonds. The molecular formula is C9H12ClN5O3. The van der Waals surface area contributed by atoms with Crippen molar-refractivity contribution in [3.63, 3.8) is 0 Å². The molecule has 2 aliphatic heterocycles. The Bertz CT molecular complexity index is 474. The van der Waals surface area contributed by atoms with Gasteiger partial charge in [0.15, 0.2) is 23.5 Å². The first-order valence-electron chi connectivity index (χ1n) is 5.40. The zero-order valence-corrected chi connectivity index (χ0v) is 10.1. The lowest BCUT2D eigenvalue weighted by Crippen LogP contribution is -2.37. The molecule has 2 aliphatic rings. The van der Waals surface area contributed by atoms with Gasteiger partial charge in [0.05, 0.1) is 19.9 Å². The molecule has 1 aromatic rings. The standard InChI is InChI=1S/C9H12ClN5O3/c10-7-6-8(14-9(11)13-7)15(3-12-6)4-2-17-5(1-16)18-4/h4-5,12,16H,1-3H2,(H2,11,13,14)/t4?,5-/m1/s1. The Hall–Kier alpha value is -1.35. The van der Waals surface area contributed by atoms with Crippen LogP contribution in [-0.2, 0) is 9.47 Å². The Morgan fingerprint density at radius 2 is 2.39 bits per heavy atom. The monoisotopic (exact) mass is 273 g/mol. The third kappa shape index (κ3) is 1.83. The van der Waals surface area contributed by atoms with Crippen LogP contribution < -0.4 is 16.0 Å². The summed E-state index contributed by atoms with van der Waals surface area (Å²) in [7, 11) is 0. The van der Waals surface area contributed by atoms with E-state index in [1.807, 2.05) is 4.90 Å². The first-order chi connectivity index (χ1) is 8.69. The van der Waals surface area contributed by atoms with Crippen molar-refractivity contribution in [2.45, 2.75) is 12.5 Å². The molecule has 0 spiro atoms. The number of aromatic nitrogens is 2. The molecule has 1 aromatic heterocycles. The van der Waals surface area contributed by atoms with Gasteiger partial charge in [-0.1, -0.05) is 11.6 Å². The van der Waals surface area contributed by atoms with Gasteiger partial charge in [-0.15, -0.1) is 0 Å². The molecule has 18 heavy (non-hydrogen) atoms. The number of ether oxygens (including phenoxy) is 2. The SMILES string of the molecule is Nc1nc(Cl)c2c(n1)N(C1CO[C@@H](CO)O1)CN2. The average molecular weight is 274 g/mol. The number of nitrogens with zero attached hydrogens (tertiary/aromatic N) is 3. The lowest BCUT2D eigenvalue weighted by Gasteiger charge is -2.22. The van der Waals surface area contributed by atoms with E-state index in [1.54, 1.807) is 0 Å². The van der Waals surface area contributed by atoms with Gasteiger partial charge in [-0.3, -0.25) is 0 Å². The molecule has 0 aliphatic carbocycles. The predicted octanol–water partition coefficient (Wildman–Crippen LogP) is -0.407. The van der Waals surface area contributed by atoms with Crippen LogP contribution >= 0.6 is 11.6 Å². The topological polar surface area (TPSA) is 106 Å². The first-order valence-corrected chi connectivity index (χ1v) is 5.78. The fourth-order valence-electron chi connectivity index (χ4n) is 1.98. The fraction of sp³-hybridized carbons (Fsp3) is 0.556. The number of rotatable bonds is 2. The second-order valence-corrected chi connectivity index (χ2v) is 4.27. The van der Waals surface area contributed by atoms with Crippen molar-refractivity contribution in [3.8, 4) is 0 Å². The minimum Gasteiger partial charge on any atom is -0.391 e. The Morgan fingerprint density at radius 1 is 1.56 bits per heavy atom. The summed E-state index contributed by atoms with van der Waals surface area (Å²) in [5.41, 5.74) is 6.20. The van der Waals surface area contributed by atoms with Crippen molar-refractivity contribution in [3.05, 3.63) is 5.15 Å². The number of hydrogen-bond donors (Lipinski definition) is 3. The van der Waals surface area contributed by atoms with E-state index in [1.165, 1.54) is 0 Å². The summed E-state index contributed by atoms with van der Waals surface area (Å²) in [6.45, 7) is 0.629. The molecule has 98 valence electrons. The van der Waals surface area contributed by atoms with Crippen LogP contribution in [0.5, 0.6) is 0 Å². The molecule has 9 heteroatoms. The number of anilines is 3. The quantitative estimate of drug-likeness (QED) is 0.625. The number of halogens is 1. The van der Waals surface area contributed by atoms with E-state index in [0.717, 1.165) is 0 Å². The highest BCUT2D eigenvalue weighted by atomic mass is 35.5. The molecule has 1 unspecified atom stereocenters. The van der Waals surface area contributed by atoms with Gasteiger partial charge in [0.25, 0.3) is 0 Å². The maximum atomic E-state index is 8.96. The van der Waals surface area contributed by atoms with Gasteiger partial charge in [-0.05, 0) is 0 Å². The number of aliphatic hydroxyl groups is 1. The lowest BCUT2D eigenvalue weighted by atomic mass is 10.4. The summed E-state index contributed by atoms with van der Waals surface area (Å²) >= 11 is 5.97. The Morgan fingerprint density at radius 3 is 3.11 bits per heavy atom. The Kier molecular flexibility index (Phi) is 2.86. The molecule has 0 aromatic carbocycles. The summed E-state index contributed by atoms with van der Waals surface area (Å²) in [6.07, 6.45) is -0.935. The predicted molar refractivity (Wildman–Crippen MR) is 64.1 cm³/mol. The maximum absolute atomic E-state index is 8.96. The largest absolute Gasteiger partial charge is 0.391 e. The third-order valence-corrected chi connectivity index (χ3v) is 3.07. The number of nitrogens with one attached hydrogen (secondary N) is 1. The van der Waals surface area contributed by atoms with Crippen molar-refractivity contribution < 1.29 is 14.6 Å². The van der Waals surface area contributed by atoms with Gasteiger partial charge in [0, 0.05) is 0 Å². The number of fused-ring (bicyclic) bond motifs is 1. The van der Waals surface area contributed by atoms with Gasteiger partial charge in [-0.25, -0.2) is 0 Å². The van der Waals surface area contributed by atoms with Crippen LogP contribution in [0.3, 0.4) is 0 Å². The van der Waals surface area contributed by atoms with Crippen LogP contribution in [0, 0.1) is 0 Å². The van der Waals surface area contributed by atoms with Crippen molar-refractivity contribution >= 4 is 29.1 Å². The zero-order valence-electron chi connectivity index (χ0n) is 9.34. The van der Waals surface area contributed by atoms with Crippen LogP contribution in [0.2, 0.25) is 5.15 Å². The van der Waals surface area contributed by atoms with Gasteiger partial charge in [0.2, 0.25) is 5.95 Å². The zero-order chi connectivity index (χ0) is 12.7. The van der Waals surface area contributed by atoms with Crippen LogP contribution in [0.15, 0.2) is 0 Å². The third-order valence-electron chi connectivity index (χ3n) is 2.79. The summed E-state index contributed by atoms with van der Waals surface area (Å²) < 4.78 is 10.8. The van der Waals surface area contributed by atoms with Crippen molar-refractivity contribution in [1.29, 1.82) is 0 Å². The molecule has 4 N–H and O–H groups in total. The number of nitrogens with two attached hydrogens (primary N) is 1. The summed E-state index contributed by atoms with van der Waals surface area (Å²) in [5.74, 6) is 0.685. The summed E-state index contributed by atoms with van der Waals surface area (Å²) in [5, 5.41) is 12.3. The second-order valence-electron chi connectivity index (χ2n) is 3.91. The molecule has 1 saturated heterocycles. The van der Waals surface area contributed by atoms with Gasteiger partial charge >= 0.3 is 0 Å². The summed E-state index contributed by atoms with van der Waals surface area (Å²) in [6, 6.07) is 0. The molecule has 3 rings (SSSR count). The first kappa shape index (κ1) is 11.7. The van der Waals surface area contributed by atoms with Crippen LogP contribution in [0.4, 0.5) is 17.5 Å². The average Bonchev–Trinajstić information content (AvgIpc) is 2.93.